The number of anilines is 1. The zero-order chi connectivity index (χ0) is 21.7. The van der Waals surface area contributed by atoms with Crippen molar-refractivity contribution < 1.29 is 17.6 Å². The van der Waals surface area contributed by atoms with E-state index in [1.165, 1.54) is 40.7 Å². The highest BCUT2D eigenvalue weighted by Gasteiger charge is 2.21. The molecule has 0 aliphatic carbocycles. The van der Waals surface area contributed by atoms with Gasteiger partial charge in [-0.05, 0) is 41.6 Å². The van der Waals surface area contributed by atoms with Crippen molar-refractivity contribution in [2.75, 3.05) is 18.4 Å². The van der Waals surface area contributed by atoms with E-state index in [1.54, 1.807) is 26.0 Å². The van der Waals surface area contributed by atoms with Crippen LogP contribution in [0.4, 0.5) is 10.1 Å². The van der Waals surface area contributed by atoms with Crippen LogP contribution in [0.25, 0.3) is 11.4 Å². The lowest BCUT2D eigenvalue weighted by Gasteiger charge is -2.18. The topological polar surface area (TPSA) is 110 Å². The highest BCUT2D eigenvalue weighted by molar-refractivity contribution is 7.89. The van der Waals surface area contributed by atoms with Gasteiger partial charge in [-0.2, -0.15) is 9.10 Å². The second-order valence-corrected chi connectivity index (χ2v) is 8.22. The van der Waals surface area contributed by atoms with E-state index in [9.17, 15) is 17.6 Å². The number of carbonyl (C=O) groups excluding carboxylic acids is 1. The molecule has 2 aromatic carbocycles. The molecule has 0 atom stereocenters. The molecule has 1 heterocycles. The molecule has 158 valence electrons. The van der Waals surface area contributed by atoms with Gasteiger partial charge in [0, 0.05) is 18.8 Å². The fraction of sp³-hybridized carbons (Fsp3) is 0.263. The van der Waals surface area contributed by atoms with Crippen LogP contribution in [0.15, 0.2) is 53.4 Å². The lowest BCUT2D eigenvalue weighted by Crippen LogP contribution is -2.30. The van der Waals surface area contributed by atoms with Crippen LogP contribution in [0.2, 0.25) is 0 Å². The lowest BCUT2D eigenvalue weighted by molar-refractivity contribution is -0.117. The molecule has 1 aromatic heterocycles. The number of halogens is 1. The highest BCUT2D eigenvalue weighted by Crippen LogP contribution is 2.19. The van der Waals surface area contributed by atoms with Crippen molar-refractivity contribution in [3.8, 4) is 11.4 Å². The molecule has 3 aromatic rings. The average Bonchev–Trinajstić information content (AvgIpc) is 3.17. The van der Waals surface area contributed by atoms with Crippen molar-refractivity contribution >= 4 is 21.6 Å². The summed E-state index contributed by atoms with van der Waals surface area (Å²) in [7, 11) is -3.56. The van der Waals surface area contributed by atoms with Crippen molar-refractivity contribution in [2.45, 2.75) is 25.3 Å². The molecule has 0 unspecified atom stereocenters. The second-order valence-electron chi connectivity index (χ2n) is 6.29. The van der Waals surface area contributed by atoms with Gasteiger partial charge in [-0.15, -0.1) is 10.2 Å². The molecule has 0 saturated carbocycles. The van der Waals surface area contributed by atoms with Crippen molar-refractivity contribution in [1.29, 1.82) is 0 Å². The number of sulfonamides is 1. The molecule has 1 N–H and O–H groups in total. The number of carbonyl (C=O) groups is 1. The molecule has 0 bridgehead atoms. The van der Waals surface area contributed by atoms with Gasteiger partial charge in [-0.1, -0.05) is 26.0 Å². The van der Waals surface area contributed by atoms with E-state index in [0.29, 0.717) is 18.8 Å². The third-order valence-electron chi connectivity index (χ3n) is 4.33. The Bertz CT molecular complexity index is 1130. The van der Waals surface area contributed by atoms with Crippen molar-refractivity contribution in [2.24, 2.45) is 0 Å². The van der Waals surface area contributed by atoms with E-state index in [0.717, 1.165) is 4.80 Å². The first-order chi connectivity index (χ1) is 14.3. The summed E-state index contributed by atoms with van der Waals surface area (Å²) in [6.07, 6.45) is 0. The largest absolute Gasteiger partial charge is 0.324 e. The summed E-state index contributed by atoms with van der Waals surface area (Å²) in [5.41, 5.74) is 0.613. The van der Waals surface area contributed by atoms with Gasteiger partial charge in [0.25, 0.3) is 0 Å². The van der Waals surface area contributed by atoms with Crippen LogP contribution < -0.4 is 5.32 Å². The van der Waals surface area contributed by atoms with Crippen LogP contribution in [0, 0.1) is 5.82 Å². The molecule has 1 amide bonds. The molecule has 0 radical (unpaired) electrons. The van der Waals surface area contributed by atoms with Crippen LogP contribution >= 0.6 is 0 Å². The number of nitrogens with one attached hydrogen (secondary N) is 1. The van der Waals surface area contributed by atoms with Gasteiger partial charge in [0.2, 0.25) is 21.8 Å². The van der Waals surface area contributed by atoms with Crippen molar-refractivity contribution in [1.82, 2.24) is 24.5 Å². The van der Waals surface area contributed by atoms with Crippen LogP contribution in [-0.4, -0.2) is 51.9 Å². The summed E-state index contributed by atoms with van der Waals surface area (Å²) in [4.78, 5) is 13.4. The molecule has 3 rings (SSSR count). The maximum atomic E-state index is 13.8. The monoisotopic (exact) mass is 432 g/mol. The molecule has 0 aliphatic heterocycles. The van der Waals surface area contributed by atoms with E-state index < -0.39 is 21.7 Å². The highest BCUT2D eigenvalue weighted by atomic mass is 32.2. The minimum atomic E-state index is -3.56. The standard InChI is InChI=1S/C19H21FN6O3S/c1-3-25(4-2)30(28,29)15-11-9-14(10-12-15)21-18(27)13-26-23-19(22-24-26)16-7-5-6-8-17(16)20/h5-12H,3-4,13H2,1-2H3,(H,21,27). The minimum Gasteiger partial charge on any atom is -0.324 e. The van der Waals surface area contributed by atoms with E-state index in [4.69, 9.17) is 0 Å². The number of benzene rings is 2. The van der Waals surface area contributed by atoms with E-state index in [2.05, 4.69) is 20.7 Å². The molecular weight excluding hydrogens is 411 g/mol. The van der Waals surface area contributed by atoms with Crippen LogP contribution in [0.1, 0.15) is 13.8 Å². The summed E-state index contributed by atoms with van der Waals surface area (Å²) in [6.45, 7) is 4.05. The summed E-state index contributed by atoms with van der Waals surface area (Å²) in [5.74, 6) is -0.847. The number of nitrogens with zero attached hydrogens (tertiary/aromatic N) is 5. The quantitative estimate of drug-likeness (QED) is 0.584. The van der Waals surface area contributed by atoms with Crippen LogP contribution in [0.5, 0.6) is 0 Å². The Labute approximate surface area is 173 Å². The Balaban J connectivity index is 1.65. The number of aromatic nitrogens is 4. The van der Waals surface area contributed by atoms with E-state index in [-0.39, 0.29) is 22.8 Å². The first-order valence-corrected chi connectivity index (χ1v) is 10.7. The third-order valence-corrected chi connectivity index (χ3v) is 6.40. The maximum Gasteiger partial charge on any atom is 0.248 e. The molecule has 0 spiro atoms. The molecule has 0 saturated heterocycles. The van der Waals surface area contributed by atoms with Gasteiger partial charge in [-0.3, -0.25) is 4.79 Å². The zero-order valence-corrected chi connectivity index (χ0v) is 17.3. The van der Waals surface area contributed by atoms with Crippen molar-refractivity contribution in [3.63, 3.8) is 0 Å². The van der Waals surface area contributed by atoms with Gasteiger partial charge < -0.3 is 5.32 Å². The Morgan fingerprint density at radius 1 is 1.10 bits per heavy atom. The fourth-order valence-corrected chi connectivity index (χ4v) is 4.27. The van der Waals surface area contributed by atoms with Gasteiger partial charge in [0.1, 0.15) is 12.4 Å². The summed E-state index contributed by atoms with van der Waals surface area (Å²) >= 11 is 0. The third kappa shape index (κ3) is 4.69. The Kier molecular flexibility index (Phi) is 6.53. The number of amides is 1. The van der Waals surface area contributed by atoms with Gasteiger partial charge in [0.15, 0.2) is 0 Å². The van der Waals surface area contributed by atoms with Crippen LogP contribution in [0.3, 0.4) is 0 Å². The van der Waals surface area contributed by atoms with E-state index >= 15 is 0 Å². The predicted molar refractivity (Wildman–Crippen MR) is 108 cm³/mol. The number of hydrogen-bond donors (Lipinski definition) is 1. The van der Waals surface area contributed by atoms with Gasteiger partial charge >= 0.3 is 0 Å². The summed E-state index contributed by atoms with van der Waals surface area (Å²) in [5, 5.41) is 14.2. The Hall–Kier alpha value is -3.18. The van der Waals surface area contributed by atoms with Crippen molar-refractivity contribution in [3.05, 3.63) is 54.3 Å². The van der Waals surface area contributed by atoms with E-state index in [1.807, 2.05) is 0 Å². The average molecular weight is 432 g/mol. The molecule has 9 nitrogen and oxygen atoms in total. The first kappa shape index (κ1) is 21.5. The molecule has 0 fully saturated rings. The molecular formula is C19H21FN6O3S. The lowest BCUT2D eigenvalue weighted by atomic mass is 10.2. The predicted octanol–water partition coefficient (Wildman–Crippen LogP) is 2.15. The fourth-order valence-electron chi connectivity index (χ4n) is 2.81. The minimum absolute atomic E-state index is 0.0758. The van der Waals surface area contributed by atoms with Gasteiger partial charge in [0.05, 0.1) is 10.5 Å². The molecule has 30 heavy (non-hydrogen) atoms. The normalized spacial score (nSPS) is 11.6. The van der Waals surface area contributed by atoms with Gasteiger partial charge in [-0.25, -0.2) is 12.8 Å². The summed E-state index contributed by atoms with van der Waals surface area (Å²) in [6, 6.07) is 11.9. The first-order valence-electron chi connectivity index (χ1n) is 9.28. The summed E-state index contributed by atoms with van der Waals surface area (Å²) < 4.78 is 40.2. The zero-order valence-electron chi connectivity index (χ0n) is 16.5. The Morgan fingerprint density at radius 3 is 2.40 bits per heavy atom. The number of hydrogen-bond acceptors (Lipinski definition) is 6. The SMILES string of the molecule is CCN(CC)S(=O)(=O)c1ccc(NC(=O)Cn2nnc(-c3ccccc3F)n2)cc1. The van der Waals surface area contributed by atoms with Crippen LogP contribution in [-0.2, 0) is 21.4 Å². The Morgan fingerprint density at radius 2 is 1.77 bits per heavy atom. The number of tetrazole rings is 1. The molecule has 11 heteroatoms. The smallest absolute Gasteiger partial charge is 0.248 e. The molecule has 0 aliphatic rings. The number of rotatable bonds is 8. The second kappa shape index (κ2) is 9.09. The maximum absolute atomic E-state index is 13.8.